The maximum absolute atomic E-state index is 11.3. The van der Waals surface area contributed by atoms with Gasteiger partial charge in [-0.2, -0.15) is 0 Å². The maximum Gasteiger partial charge on any atom is 0.333 e. The van der Waals surface area contributed by atoms with Gasteiger partial charge in [-0.15, -0.1) is 0 Å². The Balaban J connectivity index is 2.37. The molecule has 23 heavy (non-hydrogen) atoms. The first kappa shape index (κ1) is 17.1. The Morgan fingerprint density at radius 3 is 2.74 bits per heavy atom. The lowest BCUT2D eigenvalue weighted by atomic mass is 10.1. The zero-order chi connectivity index (χ0) is 17.0. The Bertz CT molecular complexity index is 662. The van der Waals surface area contributed by atoms with Gasteiger partial charge in [-0.1, -0.05) is 6.92 Å². The van der Waals surface area contributed by atoms with E-state index < -0.39 is 5.97 Å². The third-order valence-corrected chi connectivity index (χ3v) is 4.13. The fourth-order valence-corrected chi connectivity index (χ4v) is 2.92. The number of methoxy groups -OCH3 is 1. The lowest BCUT2D eigenvalue weighted by Gasteiger charge is -2.22. The van der Waals surface area contributed by atoms with Crippen LogP contribution in [-0.2, 0) is 4.79 Å². The quantitative estimate of drug-likeness (QED) is 0.840. The summed E-state index contributed by atoms with van der Waals surface area (Å²) in [4.78, 5) is 18.1. The molecule has 1 aliphatic rings. The first-order chi connectivity index (χ1) is 11.0. The minimum Gasteiger partial charge on any atom is -0.497 e. The molecule has 1 heterocycles. The fourth-order valence-electron chi connectivity index (χ4n) is 2.92. The van der Waals surface area contributed by atoms with E-state index in [1.165, 1.54) is 0 Å². The molecule has 124 valence electrons. The summed E-state index contributed by atoms with van der Waals surface area (Å²) in [6.07, 6.45) is 2.35. The largest absolute Gasteiger partial charge is 0.497 e. The molecule has 0 bridgehead atoms. The van der Waals surface area contributed by atoms with Gasteiger partial charge in [0, 0.05) is 24.4 Å². The molecule has 1 aliphatic heterocycles. The number of aliphatic imine (C=N–C) groups is 1. The topological polar surface area (TPSA) is 62.1 Å². The molecule has 0 radical (unpaired) electrons. The summed E-state index contributed by atoms with van der Waals surface area (Å²) in [6.45, 7) is 6.56. The van der Waals surface area contributed by atoms with Gasteiger partial charge in [-0.05, 0) is 50.5 Å². The van der Waals surface area contributed by atoms with Crippen molar-refractivity contribution in [2.75, 3.05) is 18.6 Å². The van der Waals surface area contributed by atoms with Gasteiger partial charge in [0.05, 0.1) is 12.7 Å². The van der Waals surface area contributed by atoms with Crippen LogP contribution in [-0.4, -0.2) is 30.6 Å². The number of carboxylic acid groups (broad SMARTS) is 1. The van der Waals surface area contributed by atoms with Crippen molar-refractivity contribution >= 4 is 17.5 Å². The number of hydrogen-bond acceptors (Lipinski definition) is 3. The fraction of sp³-hybridized carbons (Fsp3) is 0.444. The second kappa shape index (κ2) is 7.31. The van der Waals surface area contributed by atoms with E-state index in [2.05, 4.69) is 9.89 Å². The number of carboxylic acids is 1. The van der Waals surface area contributed by atoms with E-state index in [9.17, 15) is 9.90 Å². The van der Waals surface area contributed by atoms with Crippen LogP contribution < -0.4 is 9.64 Å². The second-order valence-electron chi connectivity index (χ2n) is 5.66. The van der Waals surface area contributed by atoms with Crippen molar-refractivity contribution in [2.45, 2.75) is 40.0 Å². The number of benzene rings is 1. The number of carbonyl (C=O) groups is 1. The summed E-state index contributed by atoms with van der Waals surface area (Å²) in [6, 6.07) is 5.98. The molecule has 5 nitrogen and oxygen atoms in total. The molecule has 5 heteroatoms. The van der Waals surface area contributed by atoms with Gasteiger partial charge in [0.1, 0.15) is 11.6 Å². The van der Waals surface area contributed by atoms with Crippen LogP contribution in [0, 0.1) is 6.92 Å². The SMILES string of the molecule is CC/C(C(=O)O)=C(C)/N=C1\CCCN1c1ccc(OC)cc1C. The Morgan fingerprint density at radius 2 is 2.17 bits per heavy atom. The Labute approximate surface area is 137 Å². The molecule has 1 saturated heterocycles. The van der Waals surface area contributed by atoms with Crippen molar-refractivity contribution in [1.29, 1.82) is 0 Å². The number of amidine groups is 1. The molecule has 0 atom stereocenters. The molecule has 0 spiro atoms. The average Bonchev–Trinajstić information content (AvgIpc) is 2.95. The maximum atomic E-state index is 11.3. The predicted molar refractivity (Wildman–Crippen MR) is 92.4 cm³/mol. The van der Waals surface area contributed by atoms with E-state index in [-0.39, 0.29) is 0 Å². The zero-order valence-corrected chi connectivity index (χ0v) is 14.2. The first-order valence-electron chi connectivity index (χ1n) is 7.90. The number of anilines is 1. The van der Waals surface area contributed by atoms with Crippen molar-refractivity contribution in [2.24, 2.45) is 4.99 Å². The summed E-state index contributed by atoms with van der Waals surface area (Å²) in [5.74, 6) is 0.877. The van der Waals surface area contributed by atoms with E-state index in [4.69, 9.17) is 4.74 Å². The van der Waals surface area contributed by atoms with Crippen LogP contribution in [0.2, 0.25) is 0 Å². The van der Waals surface area contributed by atoms with E-state index >= 15 is 0 Å². The standard InChI is InChI=1S/C18H24N2O3/c1-5-15(18(21)22)13(3)19-17-7-6-10-20(17)16-9-8-14(23-4)11-12(16)2/h8-9,11H,5-7,10H2,1-4H3,(H,21,22)/b15-13-,19-17+. The number of aliphatic carboxylic acids is 1. The average molecular weight is 316 g/mol. The monoisotopic (exact) mass is 316 g/mol. The molecule has 1 aromatic carbocycles. The van der Waals surface area contributed by atoms with Crippen LogP contribution in [0.5, 0.6) is 5.75 Å². The highest BCUT2D eigenvalue weighted by molar-refractivity contribution is 6.01. The molecule has 1 aromatic rings. The summed E-state index contributed by atoms with van der Waals surface area (Å²) < 4.78 is 5.25. The van der Waals surface area contributed by atoms with Crippen LogP contribution in [0.1, 0.15) is 38.7 Å². The number of ether oxygens (including phenoxy) is 1. The van der Waals surface area contributed by atoms with E-state index in [1.54, 1.807) is 14.0 Å². The molecule has 2 rings (SSSR count). The first-order valence-corrected chi connectivity index (χ1v) is 7.90. The number of nitrogens with zero attached hydrogens (tertiary/aromatic N) is 2. The van der Waals surface area contributed by atoms with E-state index in [1.807, 2.05) is 32.0 Å². The van der Waals surface area contributed by atoms with Gasteiger partial charge < -0.3 is 14.7 Å². The van der Waals surface area contributed by atoms with Crippen molar-refractivity contribution in [3.8, 4) is 5.75 Å². The number of rotatable bonds is 5. The summed E-state index contributed by atoms with van der Waals surface area (Å²) in [5, 5.41) is 9.25. The van der Waals surface area contributed by atoms with Gasteiger partial charge in [0.2, 0.25) is 0 Å². The second-order valence-corrected chi connectivity index (χ2v) is 5.66. The van der Waals surface area contributed by atoms with Crippen LogP contribution in [0.3, 0.4) is 0 Å². The van der Waals surface area contributed by atoms with Gasteiger partial charge in [0.25, 0.3) is 0 Å². The minimum absolute atomic E-state index is 0.371. The minimum atomic E-state index is -0.889. The third-order valence-electron chi connectivity index (χ3n) is 4.13. The van der Waals surface area contributed by atoms with Crippen LogP contribution in [0.25, 0.3) is 0 Å². The molecule has 1 N–H and O–H groups in total. The predicted octanol–water partition coefficient (Wildman–Crippen LogP) is 3.77. The summed E-state index contributed by atoms with van der Waals surface area (Å²) >= 11 is 0. The molecule has 0 aromatic heterocycles. The molecular formula is C18H24N2O3. The smallest absolute Gasteiger partial charge is 0.333 e. The van der Waals surface area contributed by atoms with Crippen LogP contribution >= 0.6 is 0 Å². The van der Waals surface area contributed by atoms with E-state index in [0.29, 0.717) is 17.7 Å². The van der Waals surface area contributed by atoms with Crippen LogP contribution in [0.15, 0.2) is 34.5 Å². The van der Waals surface area contributed by atoms with Gasteiger partial charge in [0.15, 0.2) is 0 Å². The number of allylic oxidation sites excluding steroid dienone is 1. The highest BCUT2D eigenvalue weighted by atomic mass is 16.5. The Hall–Kier alpha value is -2.30. The summed E-state index contributed by atoms with van der Waals surface area (Å²) in [7, 11) is 1.66. The van der Waals surface area contributed by atoms with Gasteiger partial charge in [-0.3, -0.25) is 0 Å². The molecule has 0 saturated carbocycles. The highest BCUT2D eigenvalue weighted by Crippen LogP contribution is 2.29. The normalized spacial score (nSPS) is 17.4. The van der Waals surface area contributed by atoms with Gasteiger partial charge in [-0.25, -0.2) is 9.79 Å². The van der Waals surface area contributed by atoms with E-state index in [0.717, 1.165) is 42.2 Å². The molecule has 1 fully saturated rings. The highest BCUT2D eigenvalue weighted by Gasteiger charge is 2.22. The molecular weight excluding hydrogens is 292 g/mol. The lowest BCUT2D eigenvalue weighted by Crippen LogP contribution is -2.25. The summed E-state index contributed by atoms with van der Waals surface area (Å²) in [5.41, 5.74) is 3.18. The van der Waals surface area contributed by atoms with Crippen molar-refractivity contribution in [3.63, 3.8) is 0 Å². The Kier molecular flexibility index (Phi) is 5.42. The van der Waals surface area contributed by atoms with Crippen molar-refractivity contribution < 1.29 is 14.6 Å². The number of aryl methyl sites for hydroxylation is 1. The number of hydrogen-bond donors (Lipinski definition) is 1. The Morgan fingerprint density at radius 1 is 1.43 bits per heavy atom. The molecule has 0 aliphatic carbocycles. The zero-order valence-electron chi connectivity index (χ0n) is 14.2. The van der Waals surface area contributed by atoms with Crippen molar-refractivity contribution in [1.82, 2.24) is 0 Å². The molecule has 0 unspecified atom stereocenters. The van der Waals surface area contributed by atoms with Gasteiger partial charge >= 0.3 is 5.97 Å². The lowest BCUT2D eigenvalue weighted by molar-refractivity contribution is -0.132. The third kappa shape index (κ3) is 3.73. The van der Waals surface area contributed by atoms with Crippen LogP contribution in [0.4, 0.5) is 5.69 Å². The molecule has 0 amide bonds. The van der Waals surface area contributed by atoms with Crippen molar-refractivity contribution in [3.05, 3.63) is 35.0 Å².